The van der Waals surface area contributed by atoms with E-state index in [0.29, 0.717) is 0 Å². The van der Waals surface area contributed by atoms with Crippen LogP contribution in [0.4, 0.5) is 0 Å². The third-order valence-corrected chi connectivity index (χ3v) is 2.00. The Kier molecular flexibility index (Phi) is 6.71. The molecule has 0 rings (SSSR count). The van der Waals surface area contributed by atoms with Crippen LogP contribution in [-0.4, -0.2) is 11.3 Å². The Bertz CT molecular complexity index is 118. The molecule has 0 amide bonds. The molecule has 0 fully saturated rings. The van der Waals surface area contributed by atoms with Crippen LogP contribution in [0.3, 0.4) is 0 Å². The zero-order valence-corrected chi connectivity index (χ0v) is 7.58. The van der Waals surface area contributed by atoms with Crippen molar-refractivity contribution < 1.29 is 0 Å². The molecule has 0 aromatic heterocycles. The number of aliphatic imine (C=N–C) groups is 1. The van der Waals surface area contributed by atoms with Crippen LogP contribution in [0.1, 0.15) is 26.2 Å². The summed E-state index contributed by atoms with van der Waals surface area (Å²) < 4.78 is 0. The second-order valence-corrected chi connectivity index (χ2v) is 2.89. The second-order valence-electron chi connectivity index (χ2n) is 2.01. The van der Waals surface area contributed by atoms with Crippen molar-refractivity contribution in [1.29, 1.82) is 0 Å². The molecule has 1 nitrogen and oxygen atoms in total. The molecule has 0 N–H and O–H groups in total. The molecule has 0 heterocycles. The highest BCUT2D eigenvalue weighted by molar-refractivity contribution is 8.13. The first kappa shape index (κ1) is 9.76. The first-order chi connectivity index (χ1) is 4.85. The quantitative estimate of drug-likeness (QED) is 0.451. The Hall–Kier alpha value is -0.240. The molecule has 0 aliphatic rings. The monoisotopic (exact) mass is 157 g/mol. The number of hydrogen-bond acceptors (Lipinski definition) is 2. The van der Waals surface area contributed by atoms with E-state index < -0.39 is 0 Å². The summed E-state index contributed by atoms with van der Waals surface area (Å²) in [5, 5.41) is 1.19. The minimum atomic E-state index is 1.10. The highest BCUT2D eigenvalue weighted by Crippen LogP contribution is 2.07. The van der Waals surface area contributed by atoms with E-state index in [9.17, 15) is 0 Å². The Balaban J connectivity index is 3.59. The van der Waals surface area contributed by atoms with Gasteiger partial charge in [0.2, 0.25) is 0 Å². The molecule has 0 aliphatic carbocycles. The summed E-state index contributed by atoms with van der Waals surface area (Å²) >= 11 is 1.71. The SMILES string of the molecule is C=CN=C(CCCC)SC. The van der Waals surface area contributed by atoms with Crippen molar-refractivity contribution in [3.63, 3.8) is 0 Å². The predicted molar refractivity (Wildman–Crippen MR) is 50.7 cm³/mol. The highest BCUT2D eigenvalue weighted by Gasteiger charge is 1.93. The van der Waals surface area contributed by atoms with Gasteiger partial charge in [-0.1, -0.05) is 19.9 Å². The van der Waals surface area contributed by atoms with Crippen LogP contribution in [0, 0.1) is 0 Å². The van der Waals surface area contributed by atoms with Crippen LogP contribution < -0.4 is 0 Å². The Morgan fingerprint density at radius 3 is 2.80 bits per heavy atom. The maximum absolute atomic E-state index is 4.12. The van der Waals surface area contributed by atoms with Gasteiger partial charge in [0, 0.05) is 6.20 Å². The third-order valence-electron chi connectivity index (χ3n) is 1.22. The van der Waals surface area contributed by atoms with Crippen LogP contribution >= 0.6 is 11.8 Å². The van der Waals surface area contributed by atoms with E-state index in [1.807, 2.05) is 0 Å². The van der Waals surface area contributed by atoms with Gasteiger partial charge in [-0.05, 0) is 19.1 Å². The standard InChI is InChI=1S/C8H15NS/c1-4-6-7-8(10-3)9-5-2/h5H,2,4,6-7H2,1,3H3. The summed E-state index contributed by atoms with van der Waals surface area (Å²) in [5.74, 6) is 0. The molecule has 0 atom stereocenters. The van der Waals surface area contributed by atoms with Gasteiger partial charge >= 0.3 is 0 Å². The molecule has 10 heavy (non-hydrogen) atoms. The predicted octanol–water partition coefficient (Wildman–Crippen LogP) is 3.08. The topological polar surface area (TPSA) is 12.4 Å². The number of thioether (sulfide) groups is 1. The molecule has 0 aliphatic heterocycles. The molecule has 0 unspecified atom stereocenters. The summed E-state index contributed by atoms with van der Waals surface area (Å²) in [5.41, 5.74) is 0. The molecule has 58 valence electrons. The van der Waals surface area contributed by atoms with Crippen molar-refractivity contribution in [2.45, 2.75) is 26.2 Å². The maximum Gasteiger partial charge on any atom is 0.0728 e. The molecule has 0 spiro atoms. The second kappa shape index (κ2) is 6.87. The molecule has 0 saturated carbocycles. The summed E-state index contributed by atoms with van der Waals surface area (Å²) in [6.07, 6.45) is 7.23. The Labute approximate surface area is 67.6 Å². The first-order valence-electron chi connectivity index (χ1n) is 3.56. The van der Waals surface area contributed by atoms with Gasteiger partial charge in [0.25, 0.3) is 0 Å². The fraction of sp³-hybridized carbons (Fsp3) is 0.625. The zero-order valence-electron chi connectivity index (χ0n) is 6.76. The lowest BCUT2D eigenvalue weighted by Crippen LogP contribution is -1.89. The third kappa shape index (κ3) is 4.62. The molecular formula is C8H15NS. The van der Waals surface area contributed by atoms with Crippen LogP contribution in [0.15, 0.2) is 17.8 Å². The van der Waals surface area contributed by atoms with Crippen molar-refractivity contribution in [3.05, 3.63) is 12.8 Å². The molecular weight excluding hydrogens is 142 g/mol. The van der Waals surface area contributed by atoms with Crippen LogP contribution in [-0.2, 0) is 0 Å². The molecule has 0 aromatic rings. The highest BCUT2D eigenvalue weighted by atomic mass is 32.2. The van der Waals surface area contributed by atoms with Gasteiger partial charge in [-0.15, -0.1) is 11.8 Å². The number of hydrogen-bond donors (Lipinski definition) is 0. The van der Waals surface area contributed by atoms with Gasteiger partial charge in [0.1, 0.15) is 0 Å². The molecule has 0 bridgehead atoms. The van der Waals surface area contributed by atoms with Gasteiger partial charge in [-0.3, -0.25) is 4.99 Å². The first-order valence-corrected chi connectivity index (χ1v) is 4.79. The Morgan fingerprint density at radius 1 is 1.70 bits per heavy atom. The van der Waals surface area contributed by atoms with E-state index >= 15 is 0 Å². The van der Waals surface area contributed by atoms with Crippen molar-refractivity contribution in [3.8, 4) is 0 Å². The van der Waals surface area contributed by atoms with Gasteiger partial charge in [0.05, 0.1) is 5.04 Å². The lowest BCUT2D eigenvalue weighted by Gasteiger charge is -1.97. The lowest BCUT2D eigenvalue weighted by molar-refractivity contribution is 0.840. The largest absolute Gasteiger partial charge is 0.255 e. The van der Waals surface area contributed by atoms with Gasteiger partial charge in [-0.2, -0.15) is 0 Å². The number of nitrogens with zero attached hydrogens (tertiary/aromatic N) is 1. The van der Waals surface area contributed by atoms with Gasteiger partial charge < -0.3 is 0 Å². The summed E-state index contributed by atoms with van der Waals surface area (Å²) in [7, 11) is 0. The van der Waals surface area contributed by atoms with Crippen LogP contribution in [0.5, 0.6) is 0 Å². The average molecular weight is 157 g/mol. The summed E-state index contributed by atoms with van der Waals surface area (Å²) in [6.45, 7) is 5.74. The van der Waals surface area contributed by atoms with E-state index in [4.69, 9.17) is 0 Å². The fourth-order valence-corrected chi connectivity index (χ4v) is 1.18. The maximum atomic E-state index is 4.12. The Morgan fingerprint density at radius 2 is 2.40 bits per heavy atom. The van der Waals surface area contributed by atoms with Crippen LogP contribution in [0.2, 0.25) is 0 Å². The van der Waals surface area contributed by atoms with Gasteiger partial charge in [-0.25, -0.2) is 0 Å². The molecule has 2 heteroatoms. The lowest BCUT2D eigenvalue weighted by atomic mass is 10.3. The molecule has 0 saturated heterocycles. The number of rotatable bonds is 4. The number of unbranched alkanes of at least 4 members (excludes halogenated alkanes) is 1. The minimum absolute atomic E-state index is 1.10. The van der Waals surface area contributed by atoms with E-state index in [1.54, 1.807) is 18.0 Å². The fourth-order valence-electron chi connectivity index (χ4n) is 0.649. The molecule has 0 radical (unpaired) electrons. The smallest absolute Gasteiger partial charge is 0.0728 e. The van der Waals surface area contributed by atoms with E-state index in [-0.39, 0.29) is 0 Å². The van der Waals surface area contributed by atoms with Crippen molar-refractivity contribution in [1.82, 2.24) is 0 Å². The van der Waals surface area contributed by atoms with Crippen molar-refractivity contribution in [2.75, 3.05) is 6.26 Å². The normalized spacial score (nSPS) is 11.6. The summed E-state index contributed by atoms with van der Waals surface area (Å²) in [4.78, 5) is 4.12. The van der Waals surface area contributed by atoms with E-state index in [0.717, 1.165) is 6.42 Å². The van der Waals surface area contributed by atoms with E-state index in [2.05, 4.69) is 24.8 Å². The van der Waals surface area contributed by atoms with E-state index in [1.165, 1.54) is 17.9 Å². The summed E-state index contributed by atoms with van der Waals surface area (Å²) in [6, 6.07) is 0. The van der Waals surface area contributed by atoms with Crippen molar-refractivity contribution >= 4 is 16.8 Å². The molecule has 0 aromatic carbocycles. The van der Waals surface area contributed by atoms with Gasteiger partial charge in [0.15, 0.2) is 0 Å². The average Bonchev–Trinajstić information content (AvgIpc) is 1.98. The van der Waals surface area contributed by atoms with Crippen molar-refractivity contribution in [2.24, 2.45) is 4.99 Å². The zero-order chi connectivity index (χ0) is 7.82. The minimum Gasteiger partial charge on any atom is -0.255 e. The van der Waals surface area contributed by atoms with Crippen LogP contribution in [0.25, 0.3) is 0 Å².